The normalized spacial score (nSPS) is 11.1. The van der Waals surface area contributed by atoms with Gasteiger partial charge < -0.3 is 10.1 Å². The standard InChI is InChI=1S/C19H23FN2O4S/c1-26-16-11-9-15(10-12-16)14-21-19(23)8-5-13-22(27(2,24)25)18-7-4-3-6-17(18)20/h3-4,6-7,9-12H,5,8,13-14H2,1-2H3,(H,21,23). The van der Waals surface area contributed by atoms with E-state index in [1.807, 2.05) is 12.1 Å². The van der Waals surface area contributed by atoms with Crippen molar-refractivity contribution in [3.63, 3.8) is 0 Å². The summed E-state index contributed by atoms with van der Waals surface area (Å²) in [6, 6.07) is 13.0. The van der Waals surface area contributed by atoms with E-state index in [0.717, 1.165) is 21.9 Å². The highest BCUT2D eigenvalue weighted by atomic mass is 32.2. The Kier molecular flexibility index (Phi) is 7.18. The lowest BCUT2D eigenvalue weighted by molar-refractivity contribution is -0.121. The highest BCUT2D eigenvalue weighted by Crippen LogP contribution is 2.21. The molecule has 2 rings (SSSR count). The molecule has 146 valence electrons. The first kappa shape index (κ1) is 20.7. The molecule has 1 amide bonds. The van der Waals surface area contributed by atoms with Crippen molar-refractivity contribution in [1.29, 1.82) is 0 Å². The number of methoxy groups -OCH3 is 1. The van der Waals surface area contributed by atoms with Crippen LogP contribution in [0, 0.1) is 5.82 Å². The molecule has 27 heavy (non-hydrogen) atoms. The third-order valence-corrected chi connectivity index (χ3v) is 5.12. The first-order chi connectivity index (χ1) is 12.8. The van der Waals surface area contributed by atoms with Gasteiger partial charge in [0.2, 0.25) is 15.9 Å². The number of para-hydroxylation sites is 1. The molecule has 0 saturated heterocycles. The van der Waals surface area contributed by atoms with Crippen LogP contribution in [0.15, 0.2) is 48.5 Å². The van der Waals surface area contributed by atoms with Gasteiger partial charge in [-0.2, -0.15) is 0 Å². The van der Waals surface area contributed by atoms with E-state index in [2.05, 4.69) is 5.32 Å². The number of nitrogens with zero attached hydrogens (tertiary/aromatic N) is 1. The molecule has 0 atom stereocenters. The summed E-state index contributed by atoms with van der Waals surface area (Å²) in [6.07, 6.45) is 1.43. The van der Waals surface area contributed by atoms with Gasteiger partial charge in [-0.25, -0.2) is 12.8 Å². The van der Waals surface area contributed by atoms with Crippen LogP contribution in [0.4, 0.5) is 10.1 Å². The zero-order valence-electron chi connectivity index (χ0n) is 15.3. The van der Waals surface area contributed by atoms with E-state index in [-0.39, 0.29) is 31.0 Å². The fraction of sp³-hybridized carbons (Fsp3) is 0.316. The molecular weight excluding hydrogens is 371 g/mol. The number of amides is 1. The van der Waals surface area contributed by atoms with Gasteiger partial charge >= 0.3 is 0 Å². The van der Waals surface area contributed by atoms with Gasteiger partial charge in [-0.1, -0.05) is 24.3 Å². The number of hydrogen-bond donors (Lipinski definition) is 1. The smallest absolute Gasteiger partial charge is 0.232 e. The van der Waals surface area contributed by atoms with Gasteiger partial charge in [-0.05, 0) is 36.2 Å². The molecule has 0 saturated carbocycles. The molecular formula is C19H23FN2O4S. The average molecular weight is 394 g/mol. The maximum atomic E-state index is 13.9. The largest absolute Gasteiger partial charge is 0.497 e. The predicted octanol–water partition coefficient (Wildman–Crippen LogP) is 2.70. The summed E-state index contributed by atoms with van der Waals surface area (Å²) < 4.78 is 43.9. The number of sulfonamides is 1. The molecule has 0 radical (unpaired) electrons. The van der Waals surface area contributed by atoms with Crippen LogP contribution in [0.1, 0.15) is 18.4 Å². The van der Waals surface area contributed by atoms with Crippen LogP contribution in [-0.4, -0.2) is 34.2 Å². The van der Waals surface area contributed by atoms with E-state index >= 15 is 0 Å². The molecule has 0 aliphatic heterocycles. The summed E-state index contributed by atoms with van der Waals surface area (Å²) in [5.74, 6) is -0.0845. The maximum Gasteiger partial charge on any atom is 0.232 e. The predicted molar refractivity (Wildman–Crippen MR) is 103 cm³/mol. The van der Waals surface area contributed by atoms with Crippen molar-refractivity contribution in [2.75, 3.05) is 24.2 Å². The fourth-order valence-electron chi connectivity index (χ4n) is 2.53. The summed E-state index contributed by atoms with van der Waals surface area (Å²) in [7, 11) is -2.07. The minimum Gasteiger partial charge on any atom is -0.497 e. The van der Waals surface area contributed by atoms with Crippen molar-refractivity contribution in [2.45, 2.75) is 19.4 Å². The lowest BCUT2D eigenvalue weighted by Gasteiger charge is -2.22. The highest BCUT2D eigenvalue weighted by molar-refractivity contribution is 7.92. The SMILES string of the molecule is COc1ccc(CNC(=O)CCCN(c2ccccc2F)S(C)(=O)=O)cc1. The molecule has 8 heteroatoms. The van der Waals surface area contributed by atoms with Crippen molar-refractivity contribution in [3.05, 3.63) is 59.9 Å². The van der Waals surface area contributed by atoms with E-state index in [1.165, 1.54) is 18.2 Å². The third kappa shape index (κ3) is 6.25. The molecule has 0 aromatic heterocycles. The zero-order chi connectivity index (χ0) is 19.9. The zero-order valence-corrected chi connectivity index (χ0v) is 16.1. The third-order valence-electron chi connectivity index (χ3n) is 3.94. The number of rotatable bonds is 9. The van der Waals surface area contributed by atoms with E-state index in [1.54, 1.807) is 25.3 Å². The van der Waals surface area contributed by atoms with Crippen LogP contribution in [0.2, 0.25) is 0 Å². The molecule has 2 aromatic carbocycles. The fourth-order valence-corrected chi connectivity index (χ4v) is 3.50. The van der Waals surface area contributed by atoms with Gasteiger partial charge in [0.05, 0.1) is 19.1 Å². The van der Waals surface area contributed by atoms with E-state index in [0.29, 0.717) is 6.54 Å². The second-order valence-corrected chi connectivity index (χ2v) is 7.92. The Morgan fingerprint density at radius 2 is 1.81 bits per heavy atom. The summed E-state index contributed by atoms with van der Waals surface area (Å²) in [4.78, 5) is 12.0. The summed E-state index contributed by atoms with van der Waals surface area (Å²) in [5, 5.41) is 2.78. The molecule has 0 bridgehead atoms. The molecule has 1 N–H and O–H groups in total. The minimum atomic E-state index is -3.65. The summed E-state index contributed by atoms with van der Waals surface area (Å²) in [6.45, 7) is 0.391. The number of halogens is 1. The van der Waals surface area contributed by atoms with Crippen LogP contribution in [0.5, 0.6) is 5.75 Å². The number of carbonyl (C=O) groups excluding carboxylic acids is 1. The van der Waals surface area contributed by atoms with Gasteiger partial charge in [0.25, 0.3) is 0 Å². The summed E-state index contributed by atoms with van der Waals surface area (Å²) >= 11 is 0. The Hall–Kier alpha value is -2.61. The van der Waals surface area contributed by atoms with Crippen molar-refractivity contribution in [1.82, 2.24) is 5.32 Å². The van der Waals surface area contributed by atoms with E-state index in [9.17, 15) is 17.6 Å². The van der Waals surface area contributed by atoms with Crippen molar-refractivity contribution >= 4 is 21.6 Å². The average Bonchev–Trinajstić information content (AvgIpc) is 2.64. The minimum absolute atomic E-state index is 0.0151. The monoisotopic (exact) mass is 394 g/mol. The first-order valence-electron chi connectivity index (χ1n) is 8.43. The molecule has 0 spiro atoms. The number of benzene rings is 2. The molecule has 0 aliphatic rings. The maximum absolute atomic E-state index is 13.9. The second kappa shape index (κ2) is 9.36. The molecule has 2 aromatic rings. The Balaban J connectivity index is 1.87. The summed E-state index contributed by atoms with van der Waals surface area (Å²) in [5.41, 5.74) is 0.909. The van der Waals surface area contributed by atoms with Crippen LogP contribution < -0.4 is 14.4 Å². The Morgan fingerprint density at radius 3 is 2.41 bits per heavy atom. The van der Waals surface area contributed by atoms with Gasteiger partial charge in [-0.3, -0.25) is 9.10 Å². The molecule has 0 unspecified atom stereocenters. The lowest BCUT2D eigenvalue weighted by atomic mass is 10.2. The van der Waals surface area contributed by atoms with Gasteiger partial charge in [0.1, 0.15) is 11.6 Å². The van der Waals surface area contributed by atoms with Crippen molar-refractivity contribution in [2.24, 2.45) is 0 Å². The van der Waals surface area contributed by atoms with Crippen LogP contribution in [0.3, 0.4) is 0 Å². The number of hydrogen-bond acceptors (Lipinski definition) is 4. The van der Waals surface area contributed by atoms with Crippen LogP contribution >= 0.6 is 0 Å². The van der Waals surface area contributed by atoms with Gasteiger partial charge in [0, 0.05) is 19.5 Å². The Bertz CT molecular complexity index is 870. The van der Waals surface area contributed by atoms with E-state index < -0.39 is 15.8 Å². The molecule has 0 fully saturated rings. The molecule has 0 heterocycles. The Morgan fingerprint density at radius 1 is 1.15 bits per heavy atom. The second-order valence-electron chi connectivity index (χ2n) is 6.01. The number of carbonyl (C=O) groups is 1. The quantitative estimate of drug-likeness (QED) is 0.710. The number of ether oxygens (including phenoxy) is 1. The topological polar surface area (TPSA) is 75.7 Å². The van der Waals surface area contributed by atoms with Crippen molar-refractivity contribution in [3.8, 4) is 5.75 Å². The van der Waals surface area contributed by atoms with Crippen LogP contribution in [-0.2, 0) is 21.4 Å². The van der Waals surface area contributed by atoms with Crippen LogP contribution in [0.25, 0.3) is 0 Å². The first-order valence-corrected chi connectivity index (χ1v) is 10.3. The number of nitrogens with one attached hydrogen (secondary N) is 1. The van der Waals surface area contributed by atoms with E-state index in [4.69, 9.17) is 4.74 Å². The van der Waals surface area contributed by atoms with Crippen molar-refractivity contribution < 1.29 is 22.3 Å². The highest BCUT2D eigenvalue weighted by Gasteiger charge is 2.20. The lowest BCUT2D eigenvalue weighted by Crippen LogP contribution is -2.32. The molecule has 0 aliphatic carbocycles. The number of anilines is 1. The molecule has 6 nitrogen and oxygen atoms in total. The Labute approximate surface area is 159 Å². The van der Waals surface area contributed by atoms with Gasteiger partial charge in [0.15, 0.2) is 0 Å². The van der Waals surface area contributed by atoms with Gasteiger partial charge in [-0.15, -0.1) is 0 Å².